The minimum Gasteiger partial charge on any atom is -0.277 e. The van der Waals surface area contributed by atoms with E-state index in [1.165, 1.54) is 6.92 Å². The molecule has 1 fully saturated rings. The lowest BCUT2D eigenvalue weighted by molar-refractivity contribution is -0.131. The van der Waals surface area contributed by atoms with Crippen molar-refractivity contribution in [1.29, 1.82) is 0 Å². The summed E-state index contributed by atoms with van der Waals surface area (Å²) in [4.78, 5) is 34.1. The van der Waals surface area contributed by atoms with E-state index in [-0.39, 0.29) is 6.42 Å². The number of imide groups is 1. The molecule has 0 bridgehead atoms. The molecule has 1 aliphatic heterocycles. The first kappa shape index (κ1) is 15.3. The van der Waals surface area contributed by atoms with Crippen molar-refractivity contribution < 1.29 is 14.4 Å². The third-order valence-electron chi connectivity index (χ3n) is 2.86. The van der Waals surface area contributed by atoms with E-state index in [1.54, 1.807) is 13.8 Å². The molecular formula is C9H12Cl3N3O3. The summed E-state index contributed by atoms with van der Waals surface area (Å²) < 4.78 is 2.03. The fourth-order valence-electron chi connectivity index (χ4n) is 1.88. The summed E-state index contributed by atoms with van der Waals surface area (Å²) in [5, 5.41) is 0. The van der Waals surface area contributed by atoms with E-state index in [9.17, 15) is 14.4 Å². The smallest absolute Gasteiger partial charge is 0.277 e. The van der Waals surface area contributed by atoms with Crippen LogP contribution in [-0.4, -0.2) is 42.7 Å². The van der Waals surface area contributed by atoms with Gasteiger partial charge in [0.2, 0.25) is 6.41 Å². The number of carbonyl (C=O) groups excluding carboxylic acids is 3. The molecule has 6 nitrogen and oxygen atoms in total. The van der Waals surface area contributed by atoms with E-state index in [0.29, 0.717) is 10.8 Å². The molecule has 0 aliphatic carbocycles. The van der Waals surface area contributed by atoms with Gasteiger partial charge in [-0.15, -0.1) is 0 Å². The normalized spacial score (nSPS) is 24.8. The molecule has 0 saturated carbocycles. The molecule has 0 aromatic rings. The fraction of sp³-hybridized carbons (Fsp3) is 0.667. The Labute approximate surface area is 120 Å². The van der Waals surface area contributed by atoms with Crippen molar-refractivity contribution in [2.45, 2.75) is 38.3 Å². The Hall–Kier alpha value is -0.720. The predicted octanol–water partition coefficient (Wildman–Crippen LogP) is 2.10. The van der Waals surface area contributed by atoms with Crippen molar-refractivity contribution in [2.24, 2.45) is 0 Å². The first-order chi connectivity index (χ1) is 8.08. The Kier molecular flexibility index (Phi) is 4.05. The molecule has 1 unspecified atom stereocenters. The van der Waals surface area contributed by atoms with Crippen molar-refractivity contribution in [3.63, 3.8) is 0 Å². The first-order valence-electron chi connectivity index (χ1n) is 4.98. The van der Waals surface area contributed by atoms with Crippen LogP contribution >= 0.6 is 35.3 Å². The van der Waals surface area contributed by atoms with Crippen LogP contribution in [0, 0.1) is 0 Å². The molecule has 18 heavy (non-hydrogen) atoms. The van der Waals surface area contributed by atoms with Gasteiger partial charge in [0, 0.05) is 41.8 Å². The van der Waals surface area contributed by atoms with Crippen LogP contribution in [0.15, 0.2) is 0 Å². The molecule has 0 N–H and O–H groups in total. The summed E-state index contributed by atoms with van der Waals surface area (Å²) in [7, 11) is 0. The largest absolute Gasteiger partial charge is 0.357 e. The van der Waals surface area contributed by atoms with Gasteiger partial charge in [0.05, 0.1) is 5.54 Å². The van der Waals surface area contributed by atoms with Gasteiger partial charge in [0.25, 0.3) is 5.91 Å². The lowest BCUT2D eigenvalue weighted by atomic mass is 9.85. The fourth-order valence-corrected chi connectivity index (χ4v) is 2.44. The van der Waals surface area contributed by atoms with Gasteiger partial charge >= 0.3 is 6.03 Å². The predicted molar refractivity (Wildman–Crippen MR) is 66.6 cm³/mol. The first-order valence-corrected chi connectivity index (χ1v) is 6.00. The number of halogens is 3. The van der Waals surface area contributed by atoms with Gasteiger partial charge < -0.3 is 0 Å². The highest BCUT2D eigenvalue weighted by atomic mass is 35.5. The lowest BCUT2D eigenvalue weighted by Gasteiger charge is -2.37. The van der Waals surface area contributed by atoms with E-state index in [0.717, 1.165) is 8.84 Å². The van der Waals surface area contributed by atoms with E-state index in [4.69, 9.17) is 35.3 Å². The summed E-state index contributed by atoms with van der Waals surface area (Å²) in [6, 6.07) is -0.825. The second-order valence-electron chi connectivity index (χ2n) is 4.83. The van der Waals surface area contributed by atoms with Crippen molar-refractivity contribution in [1.82, 2.24) is 13.3 Å². The Balaban J connectivity index is 3.05. The average molecular weight is 317 g/mol. The van der Waals surface area contributed by atoms with Crippen LogP contribution < -0.4 is 0 Å². The molecule has 0 radical (unpaired) electrons. The van der Waals surface area contributed by atoms with Gasteiger partial charge in [0.1, 0.15) is 5.54 Å². The summed E-state index contributed by atoms with van der Waals surface area (Å²) in [5.41, 5.74) is -2.25. The summed E-state index contributed by atoms with van der Waals surface area (Å²) in [6.45, 7) is 4.73. The second kappa shape index (κ2) is 4.75. The number of nitrogens with zero attached hydrogens (tertiary/aromatic N) is 3. The van der Waals surface area contributed by atoms with Crippen LogP contribution in [0.4, 0.5) is 4.79 Å². The Morgan fingerprint density at radius 3 is 2.22 bits per heavy atom. The van der Waals surface area contributed by atoms with Gasteiger partial charge in [0.15, 0.2) is 0 Å². The van der Waals surface area contributed by atoms with Crippen LogP contribution in [-0.2, 0) is 9.59 Å². The van der Waals surface area contributed by atoms with Crippen LogP contribution in [0.5, 0.6) is 0 Å². The quantitative estimate of drug-likeness (QED) is 0.453. The topological polar surface area (TPSA) is 60.9 Å². The third kappa shape index (κ3) is 2.24. The highest BCUT2D eigenvalue weighted by molar-refractivity contribution is 6.39. The molecule has 1 saturated heterocycles. The van der Waals surface area contributed by atoms with Crippen molar-refractivity contribution in [2.75, 3.05) is 0 Å². The van der Waals surface area contributed by atoms with Crippen LogP contribution in [0.3, 0.4) is 0 Å². The minimum absolute atomic E-state index is 0.0412. The van der Waals surface area contributed by atoms with Gasteiger partial charge in [-0.2, -0.15) is 4.42 Å². The summed E-state index contributed by atoms with van der Waals surface area (Å²) >= 11 is 17.1. The Bertz CT molecular complexity index is 404. The SMILES string of the molecule is CC(C)(CC1(C)C(=O)N(Cl)C(=O)N1Cl)N(Cl)C=O. The number of hydrogen-bond donors (Lipinski definition) is 0. The molecule has 4 amide bonds. The number of hydrogen-bond acceptors (Lipinski definition) is 3. The van der Waals surface area contributed by atoms with Crippen molar-refractivity contribution in [3.05, 3.63) is 0 Å². The highest BCUT2D eigenvalue weighted by Crippen LogP contribution is 2.38. The number of amides is 4. The molecular weight excluding hydrogens is 304 g/mol. The maximum Gasteiger partial charge on any atom is 0.357 e. The number of rotatable bonds is 4. The monoisotopic (exact) mass is 315 g/mol. The average Bonchev–Trinajstić information content (AvgIpc) is 2.44. The van der Waals surface area contributed by atoms with Crippen LogP contribution in [0.25, 0.3) is 0 Å². The zero-order chi connectivity index (χ0) is 14.3. The van der Waals surface area contributed by atoms with Gasteiger partial charge in [-0.25, -0.2) is 9.21 Å². The molecule has 0 aromatic heterocycles. The minimum atomic E-state index is -1.36. The van der Waals surface area contributed by atoms with Crippen LogP contribution in [0.2, 0.25) is 0 Å². The standard InChI is InChI=1S/C9H12Cl3N3O3/c1-8(2,13(10)5-16)4-9(3)6(17)14(11)7(18)15(9)12/h5H,4H2,1-3H3. The maximum atomic E-state index is 11.9. The van der Waals surface area contributed by atoms with E-state index in [2.05, 4.69) is 0 Å². The highest BCUT2D eigenvalue weighted by Gasteiger charge is 2.56. The zero-order valence-electron chi connectivity index (χ0n) is 9.98. The van der Waals surface area contributed by atoms with E-state index < -0.39 is 23.0 Å². The molecule has 102 valence electrons. The summed E-state index contributed by atoms with van der Waals surface area (Å²) in [6.07, 6.45) is 0.461. The van der Waals surface area contributed by atoms with Crippen molar-refractivity contribution in [3.8, 4) is 0 Å². The second-order valence-corrected chi connectivity index (χ2v) is 5.87. The molecule has 1 rings (SSSR count). The molecule has 9 heteroatoms. The zero-order valence-corrected chi connectivity index (χ0v) is 12.3. The van der Waals surface area contributed by atoms with Gasteiger partial charge in [-0.05, 0) is 20.8 Å². The lowest BCUT2D eigenvalue weighted by Crippen LogP contribution is -2.51. The number of carbonyl (C=O) groups is 3. The van der Waals surface area contributed by atoms with Gasteiger partial charge in [-0.3, -0.25) is 14.0 Å². The van der Waals surface area contributed by atoms with Crippen molar-refractivity contribution >= 4 is 53.7 Å². The summed E-state index contributed by atoms with van der Waals surface area (Å²) in [5.74, 6) is -0.659. The third-order valence-corrected chi connectivity index (χ3v) is 4.21. The van der Waals surface area contributed by atoms with E-state index in [1.807, 2.05) is 0 Å². The molecule has 1 heterocycles. The molecule has 1 aliphatic rings. The molecule has 0 aromatic carbocycles. The van der Waals surface area contributed by atoms with Gasteiger partial charge in [-0.1, -0.05) is 0 Å². The Morgan fingerprint density at radius 2 is 1.89 bits per heavy atom. The molecule has 1 atom stereocenters. The van der Waals surface area contributed by atoms with Crippen LogP contribution in [0.1, 0.15) is 27.2 Å². The maximum absolute atomic E-state index is 11.9. The Morgan fingerprint density at radius 1 is 1.39 bits per heavy atom. The molecule has 0 spiro atoms. The number of urea groups is 1. The van der Waals surface area contributed by atoms with E-state index >= 15 is 0 Å².